The number of aryl methyl sites for hydroxylation is 1. The van der Waals surface area contributed by atoms with Crippen LogP contribution in [0.2, 0.25) is 0 Å². The zero-order chi connectivity index (χ0) is 14.6. The highest BCUT2D eigenvalue weighted by Crippen LogP contribution is 2.24. The van der Waals surface area contributed by atoms with Crippen molar-refractivity contribution >= 4 is 10.0 Å². The van der Waals surface area contributed by atoms with Gasteiger partial charge in [-0.05, 0) is 19.9 Å². The molecule has 1 unspecified atom stereocenters. The van der Waals surface area contributed by atoms with Crippen molar-refractivity contribution in [3.05, 3.63) is 29.3 Å². The van der Waals surface area contributed by atoms with Crippen LogP contribution in [-0.2, 0) is 10.0 Å². The lowest BCUT2D eigenvalue weighted by atomic mass is 10.0. The number of hydrogen-bond donors (Lipinski definition) is 2. The second-order valence-electron chi connectivity index (χ2n) is 4.84. The minimum atomic E-state index is -3.19. The van der Waals surface area contributed by atoms with E-state index in [4.69, 9.17) is 0 Å². The maximum absolute atomic E-state index is 11.6. The van der Waals surface area contributed by atoms with E-state index in [1.54, 1.807) is 6.07 Å². The molecular weight excluding hydrogens is 264 g/mol. The van der Waals surface area contributed by atoms with Crippen LogP contribution in [-0.4, -0.2) is 44.2 Å². The summed E-state index contributed by atoms with van der Waals surface area (Å²) >= 11 is 0. The van der Waals surface area contributed by atoms with Gasteiger partial charge < -0.3 is 10.4 Å². The first-order valence-electron chi connectivity index (χ1n) is 6.17. The Balaban J connectivity index is 2.61. The van der Waals surface area contributed by atoms with Crippen LogP contribution in [0, 0.1) is 6.92 Å². The normalized spacial score (nSPS) is 13.7. The molecule has 0 aliphatic rings. The molecule has 0 aromatic heterocycles. The quantitative estimate of drug-likeness (QED) is 0.825. The van der Waals surface area contributed by atoms with Crippen molar-refractivity contribution in [2.24, 2.45) is 0 Å². The number of hydrogen-bond acceptors (Lipinski definition) is 4. The van der Waals surface area contributed by atoms with Crippen LogP contribution in [0.5, 0.6) is 5.75 Å². The molecule has 0 saturated carbocycles. The Morgan fingerprint density at radius 1 is 1.37 bits per heavy atom. The molecule has 108 valence electrons. The van der Waals surface area contributed by atoms with Gasteiger partial charge in [0.05, 0.1) is 5.75 Å². The second-order valence-corrected chi connectivity index (χ2v) is 7.14. The average molecular weight is 286 g/mol. The fourth-order valence-corrected chi connectivity index (χ4v) is 2.46. The summed E-state index contributed by atoms with van der Waals surface area (Å²) in [5.41, 5.74) is 1.84. The Bertz CT molecular complexity index is 527. The Morgan fingerprint density at radius 3 is 2.58 bits per heavy atom. The van der Waals surface area contributed by atoms with Crippen LogP contribution in [0.4, 0.5) is 0 Å². The topological polar surface area (TPSA) is 69.6 Å². The van der Waals surface area contributed by atoms with Gasteiger partial charge in [-0.2, -0.15) is 0 Å². The Morgan fingerprint density at radius 2 is 2.00 bits per heavy atom. The maximum atomic E-state index is 11.6. The highest BCUT2D eigenvalue weighted by atomic mass is 32.2. The largest absolute Gasteiger partial charge is 0.508 e. The summed E-state index contributed by atoms with van der Waals surface area (Å²) in [6, 6.07) is 5.28. The highest BCUT2D eigenvalue weighted by molar-refractivity contribution is 7.89. The van der Waals surface area contributed by atoms with Crippen LogP contribution < -0.4 is 5.32 Å². The summed E-state index contributed by atoms with van der Waals surface area (Å²) in [6.45, 7) is 4.19. The molecule has 0 aliphatic heterocycles. The minimum absolute atomic E-state index is 0.0386. The van der Waals surface area contributed by atoms with E-state index in [1.165, 1.54) is 18.4 Å². The lowest BCUT2D eigenvalue weighted by Crippen LogP contribution is -2.32. The summed E-state index contributed by atoms with van der Waals surface area (Å²) in [5, 5.41) is 12.9. The Kier molecular flexibility index (Phi) is 5.34. The van der Waals surface area contributed by atoms with E-state index in [-0.39, 0.29) is 17.5 Å². The zero-order valence-electron chi connectivity index (χ0n) is 11.8. The molecule has 1 atom stereocenters. The molecule has 0 aliphatic carbocycles. The molecule has 19 heavy (non-hydrogen) atoms. The monoisotopic (exact) mass is 286 g/mol. The maximum Gasteiger partial charge on any atom is 0.214 e. The van der Waals surface area contributed by atoms with Crippen LogP contribution in [0.1, 0.15) is 24.1 Å². The molecule has 2 N–H and O–H groups in total. The zero-order valence-corrected chi connectivity index (χ0v) is 12.7. The second kappa shape index (κ2) is 6.36. The third-order valence-electron chi connectivity index (χ3n) is 3.02. The molecule has 1 aromatic rings. The Hall–Kier alpha value is -1.11. The summed E-state index contributed by atoms with van der Waals surface area (Å²) in [7, 11) is -0.148. The summed E-state index contributed by atoms with van der Waals surface area (Å²) in [4.78, 5) is 0. The predicted molar refractivity (Wildman–Crippen MR) is 76.7 cm³/mol. The van der Waals surface area contributed by atoms with Gasteiger partial charge in [-0.1, -0.05) is 17.7 Å². The van der Waals surface area contributed by atoms with E-state index < -0.39 is 10.0 Å². The van der Waals surface area contributed by atoms with Gasteiger partial charge in [0.2, 0.25) is 10.0 Å². The van der Waals surface area contributed by atoms with Crippen molar-refractivity contribution in [1.29, 1.82) is 0 Å². The third-order valence-corrected chi connectivity index (χ3v) is 4.85. The van der Waals surface area contributed by atoms with Crippen molar-refractivity contribution in [2.45, 2.75) is 19.9 Å². The van der Waals surface area contributed by atoms with E-state index >= 15 is 0 Å². The third kappa shape index (κ3) is 4.49. The van der Waals surface area contributed by atoms with Gasteiger partial charge in [0.25, 0.3) is 0 Å². The number of phenolic OH excluding ortho intramolecular Hbond substituents is 1. The minimum Gasteiger partial charge on any atom is -0.508 e. The van der Waals surface area contributed by atoms with E-state index in [1.807, 2.05) is 26.0 Å². The van der Waals surface area contributed by atoms with Crippen LogP contribution in [0.25, 0.3) is 0 Å². The van der Waals surface area contributed by atoms with Gasteiger partial charge in [-0.15, -0.1) is 0 Å². The standard InChI is InChI=1S/C13H22N2O3S/c1-10-5-6-13(16)12(9-10)11(2)14-7-8-19(17,18)15(3)4/h5-6,9,11,14,16H,7-8H2,1-4H3. The average Bonchev–Trinajstić information content (AvgIpc) is 2.31. The molecule has 0 radical (unpaired) electrons. The van der Waals surface area contributed by atoms with Crippen LogP contribution in [0.15, 0.2) is 18.2 Å². The van der Waals surface area contributed by atoms with Crippen molar-refractivity contribution in [3.63, 3.8) is 0 Å². The van der Waals surface area contributed by atoms with Crippen LogP contribution >= 0.6 is 0 Å². The predicted octanol–water partition coefficient (Wildman–Crippen LogP) is 1.24. The number of phenols is 1. The fourth-order valence-electron chi connectivity index (χ4n) is 1.72. The summed E-state index contributed by atoms with van der Waals surface area (Å²) in [6.07, 6.45) is 0. The number of nitrogens with zero attached hydrogens (tertiary/aromatic N) is 1. The van der Waals surface area contributed by atoms with Gasteiger partial charge in [0.1, 0.15) is 5.75 Å². The van der Waals surface area contributed by atoms with E-state index in [0.29, 0.717) is 6.54 Å². The van der Waals surface area contributed by atoms with Crippen molar-refractivity contribution in [2.75, 3.05) is 26.4 Å². The van der Waals surface area contributed by atoms with E-state index in [9.17, 15) is 13.5 Å². The first-order valence-corrected chi connectivity index (χ1v) is 7.78. The molecule has 1 rings (SSSR count). The highest BCUT2D eigenvalue weighted by Gasteiger charge is 2.15. The van der Waals surface area contributed by atoms with Gasteiger partial charge in [-0.3, -0.25) is 0 Å². The van der Waals surface area contributed by atoms with Crippen molar-refractivity contribution < 1.29 is 13.5 Å². The Labute approximate surface area is 115 Å². The van der Waals surface area contributed by atoms with Gasteiger partial charge >= 0.3 is 0 Å². The number of aromatic hydroxyl groups is 1. The molecule has 0 spiro atoms. The van der Waals surface area contributed by atoms with E-state index in [0.717, 1.165) is 11.1 Å². The molecule has 0 bridgehead atoms. The summed E-state index contributed by atoms with van der Waals surface area (Å²) in [5.74, 6) is 0.262. The molecule has 0 saturated heterocycles. The number of benzene rings is 1. The number of sulfonamides is 1. The molecule has 0 heterocycles. The molecule has 5 nitrogen and oxygen atoms in total. The molecule has 1 aromatic carbocycles. The first kappa shape index (κ1) is 15.9. The van der Waals surface area contributed by atoms with Gasteiger partial charge in [-0.25, -0.2) is 12.7 Å². The lowest BCUT2D eigenvalue weighted by molar-refractivity contribution is 0.453. The van der Waals surface area contributed by atoms with Crippen LogP contribution in [0.3, 0.4) is 0 Å². The first-order chi connectivity index (χ1) is 8.74. The fraction of sp³-hybridized carbons (Fsp3) is 0.538. The lowest BCUT2D eigenvalue weighted by Gasteiger charge is -2.17. The molecular formula is C13H22N2O3S. The van der Waals surface area contributed by atoms with Gasteiger partial charge in [0.15, 0.2) is 0 Å². The molecule has 6 heteroatoms. The molecule has 0 fully saturated rings. The van der Waals surface area contributed by atoms with Crippen molar-refractivity contribution in [3.8, 4) is 5.75 Å². The molecule has 0 amide bonds. The summed E-state index contributed by atoms with van der Waals surface area (Å²) < 4.78 is 24.4. The smallest absolute Gasteiger partial charge is 0.214 e. The van der Waals surface area contributed by atoms with E-state index in [2.05, 4.69) is 5.32 Å². The number of rotatable bonds is 6. The van der Waals surface area contributed by atoms with Crippen molar-refractivity contribution in [1.82, 2.24) is 9.62 Å². The number of nitrogens with one attached hydrogen (secondary N) is 1. The SMILES string of the molecule is Cc1ccc(O)c(C(C)NCCS(=O)(=O)N(C)C)c1. The van der Waals surface area contributed by atoms with Gasteiger partial charge in [0, 0.05) is 32.2 Å².